The standard InChI is InChI=1S/C20H18F2N4O2/c1-12-5-6-26(11-15-10-23-13(2)8-24-15)20(28)18(12)19(27)25-9-14-3-4-16(21)17(22)7-14/h3-8,10H,9,11H2,1-2H3,(H,25,27). The second-order valence-electron chi connectivity index (χ2n) is 6.39. The third-order valence-corrected chi connectivity index (χ3v) is 4.20. The number of hydrogen-bond acceptors (Lipinski definition) is 4. The summed E-state index contributed by atoms with van der Waals surface area (Å²) >= 11 is 0. The molecule has 0 fully saturated rings. The van der Waals surface area contributed by atoms with Crippen molar-refractivity contribution in [3.63, 3.8) is 0 Å². The molecule has 28 heavy (non-hydrogen) atoms. The van der Waals surface area contributed by atoms with Crippen LogP contribution >= 0.6 is 0 Å². The number of amides is 1. The first kappa shape index (κ1) is 19.3. The molecule has 0 saturated heterocycles. The molecular weight excluding hydrogens is 366 g/mol. The van der Waals surface area contributed by atoms with Gasteiger partial charge in [-0.05, 0) is 43.2 Å². The molecule has 0 unspecified atom stereocenters. The summed E-state index contributed by atoms with van der Waals surface area (Å²) in [6, 6.07) is 5.02. The van der Waals surface area contributed by atoms with Gasteiger partial charge in [0.1, 0.15) is 5.56 Å². The largest absolute Gasteiger partial charge is 0.348 e. The lowest BCUT2D eigenvalue weighted by molar-refractivity contribution is 0.0948. The maximum Gasteiger partial charge on any atom is 0.264 e. The molecule has 6 nitrogen and oxygen atoms in total. The zero-order valence-electron chi connectivity index (χ0n) is 15.4. The minimum absolute atomic E-state index is 0.00912. The molecule has 3 aromatic rings. The van der Waals surface area contributed by atoms with Crippen LogP contribution in [-0.4, -0.2) is 20.4 Å². The Morgan fingerprint density at radius 2 is 1.89 bits per heavy atom. The molecule has 0 saturated carbocycles. The minimum Gasteiger partial charge on any atom is -0.348 e. The topological polar surface area (TPSA) is 76.9 Å². The lowest BCUT2D eigenvalue weighted by Crippen LogP contribution is -2.34. The normalized spacial score (nSPS) is 10.7. The van der Waals surface area contributed by atoms with Crippen molar-refractivity contribution in [2.75, 3.05) is 0 Å². The van der Waals surface area contributed by atoms with Crippen molar-refractivity contribution in [2.45, 2.75) is 26.9 Å². The quantitative estimate of drug-likeness (QED) is 0.733. The summed E-state index contributed by atoms with van der Waals surface area (Å²) in [4.78, 5) is 33.7. The molecule has 144 valence electrons. The summed E-state index contributed by atoms with van der Waals surface area (Å²) in [5, 5.41) is 2.57. The average molecular weight is 384 g/mol. The number of hydrogen-bond donors (Lipinski definition) is 1. The second kappa shape index (κ2) is 8.08. The third kappa shape index (κ3) is 4.28. The van der Waals surface area contributed by atoms with E-state index < -0.39 is 23.1 Å². The van der Waals surface area contributed by atoms with Crippen LogP contribution in [0.4, 0.5) is 8.78 Å². The van der Waals surface area contributed by atoms with E-state index in [9.17, 15) is 18.4 Å². The summed E-state index contributed by atoms with van der Waals surface area (Å²) in [5.41, 5.74) is 1.77. The van der Waals surface area contributed by atoms with Gasteiger partial charge in [-0.1, -0.05) is 6.07 Å². The Hall–Kier alpha value is -3.42. The van der Waals surface area contributed by atoms with E-state index in [0.29, 0.717) is 16.8 Å². The summed E-state index contributed by atoms with van der Waals surface area (Å²) in [5.74, 6) is -2.54. The molecule has 0 bridgehead atoms. The molecule has 0 spiro atoms. The predicted molar refractivity (Wildman–Crippen MR) is 98.8 cm³/mol. The van der Waals surface area contributed by atoms with E-state index in [4.69, 9.17) is 0 Å². The van der Waals surface area contributed by atoms with Crippen molar-refractivity contribution in [3.05, 3.63) is 92.9 Å². The van der Waals surface area contributed by atoms with Crippen LogP contribution in [0.5, 0.6) is 0 Å². The zero-order valence-corrected chi connectivity index (χ0v) is 15.4. The van der Waals surface area contributed by atoms with Gasteiger partial charge in [-0.3, -0.25) is 19.6 Å². The smallest absolute Gasteiger partial charge is 0.264 e. The van der Waals surface area contributed by atoms with Crippen molar-refractivity contribution in [2.24, 2.45) is 0 Å². The van der Waals surface area contributed by atoms with Crippen LogP contribution in [-0.2, 0) is 13.1 Å². The highest BCUT2D eigenvalue weighted by Crippen LogP contribution is 2.09. The number of aryl methyl sites for hydroxylation is 2. The number of halogens is 2. The van der Waals surface area contributed by atoms with Gasteiger partial charge in [0.2, 0.25) is 0 Å². The van der Waals surface area contributed by atoms with Crippen LogP contribution in [0.3, 0.4) is 0 Å². The molecule has 3 rings (SSSR count). The maximum atomic E-state index is 13.3. The number of nitrogens with one attached hydrogen (secondary N) is 1. The van der Waals surface area contributed by atoms with Crippen molar-refractivity contribution in [1.29, 1.82) is 0 Å². The molecule has 1 N–H and O–H groups in total. The number of carbonyl (C=O) groups is 1. The van der Waals surface area contributed by atoms with Gasteiger partial charge in [-0.2, -0.15) is 0 Å². The fraction of sp³-hybridized carbons (Fsp3) is 0.200. The van der Waals surface area contributed by atoms with Gasteiger partial charge in [-0.15, -0.1) is 0 Å². The molecular formula is C20H18F2N4O2. The number of benzene rings is 1. The van der Waals surface area contributed by atoms with Crippen LogP contribution in [0.25, 0.3) is 0 Å². The predicted octanol–water partition coefficient (Wildman–Crippen LogP) is 2.51. The highest BCUT2D eigenvalue weighted by Gasteiger charge is 2.16. The molecule has 0 atom stereocenters. The monoisotopic (exact) mass is 384 g/mol. The molecule has 0 aliphatic heterocycles. The van der Waals surface area contributed by atoms with E-state index in [1.165, 1.54) is 10.6 Å². The first-order chi connectivity index (χ1) is 13.3. The molecule has 2 heterocycles. The molecule has 8 heteroatoms. The number of pyridine rings is 1. The lowest BCUT2D eigenvalue weighted by atomic mass is 10.1. The van der Waals surface area contributed by atoms with E-state index in [2.05, 4.69) is 15.3 Å². The number of carbonyl (C=O) groups excluding carboxylic acids is 1. The molecule has 0 radical (unpaired) electrons. The van der Waals surface area contributed by atoms with Gasteiger partial charge >= 0.3 is 0 Å². The van der Waals surface area contributed by atoms with E-state index >= 15 is 0 Å². The summed E-state index contributed by atoms with van der Waals surface area (Å²) < 4.78 is 27.7. The Labute approximate surface area is 159 Å². The number of nitrogens with zero attached hydrogens (tertiary/aromatic N) is 3. The first-order valence-electron chi connectivity index (χ1n) is 8.55. The molecule has 1 aromatic carbocycles. The second-order valence-corrected chi connectivity index (χ2v) is 6.39. The SMILES string of the molecule is Cc1cnc(Cn2ccc(C)c(C(=O)NCc3ccc(F)c(F)c3)c2=O)cn1. The Bertz CT molecular complexity index is 1080. The fourth-order valence-corrected chi connectivity index (χ4v) is 2.66. The van der Waals surface area contributed by atoms with Crippen LogP contribution in [0.1, 0.15) is 32.9 Å². The highest BCUT2D eigenvalue weighted by atomic mass is 19.2. The van der Waals surface area contributed by atoms with Crippen molar-refractivity contribution in [3.8, 4) is 0 Å². The Kier molecular flexibility index (Phi) is 5.58. The average Bonchev–Trinajstić information content (AvgIpc) is 2.67. The van der Waals surface area contributed by atoms with Gasteiger partial charge < -0.3 is 9.88 Å². The van der Waals surface area contributed by atoms with Crippen molar-refractivity contribution in [1.82, 2.24) is 19.9 Å². The van der Waals surface area contributed by atoms with E-state index in [1.54, 1.807) is 31.6 Å². The number of aromatic nitrogens is 3. The molecule has 2 aromatic heterocycles. The van der Waals surface area contributed by atoms with Gasteiger partial charge in [0.15, 0.2) is 11.6 Å². The van der Waals surface area contributed by atoms with Gasteiger partial charge in [0, 0.05) is 18.9 Å². The van der Waals surface area contributed by atoms with Crippen LogP contribution in [0.15, 0.2) is 47.7 Å². The third-order valence-electron chi connectivity index (χ3n) is 4.20. The molecule has 0 aliphatic carbocycles. The maximum absolute atomic E-state index is 13.3. The molecule has 1 amide bonds. The lowest BCUT2D eigenvalue weighted by Gasteiger charge is -2.11. The van der Waals surface area contributed by atoms with Gasteiger partial charge in [0.05, 0.1) is 24.1 Å². The minimum atomic E-state index is -0.996. The van der Waals surface area contributed by atoms with Gasteiger partial charge in [-0.25, -0.2) is 8.78 Å². The van der Waals surface area contributed by atoms with Crippen LogP contribution < -0.4 is 10.9 Å². The van der Waals surface area contributed by atoms with Crippen molar-refractivity contribution >= 4 is 5.91 Å². The summed E-state index contributed by atoms with van der Waals surface area (Å²) in [6.45, 7) is 3.61. The highest BCUT2D eigenvalue weighted by molar-refractivity contribution is 5.95. The summed E-state index contributed by atoms with van der Waals surface area (Å²) in [7, 11) is 0. The Balaban J connectivity index is 1.80. The van der Waals surface area contributed by atoms with E-state index in [-0.39, 0.29) is 18.7 Å². The first-order valence-corrected chi connectivity index (χ1v) is 8.55. The Morgan fingerprint density at radius 1 is 1.11 bits per heavy atom. The zero-order chi connectivity index (χ0) is 20.3. The van der Waals surface area contributed by atoms with E-state index in [1.807, 2.05) is 6.92 Å². The Morgan fingerprint density at radius 3 is 2.57 bits per heavy atom. The van der Waals surface area contributed by atoms with Gasteiger partial charge in [0.25, 0.3) is 11.5 Å². The molecule has 0 aliphatic rings. The fourth-order valence-electron chi connectivity index (χ4n) is 2.66. The van der Waals surface area contributed by atoms with Crippen molar-refractivity contribution < 1.29 is 13.6 Å². The summed E-state index contributed by atoms with van der Waals surface area (Å²) in [6.07, 6.45) is 4.76. The number of rotatable bonds is 5. The van der Waals surface area contributed by atoms with Crippen LogP contribution in [0.2, 0.25) is 0 Å². The van der Waals surface area contributed by atoms with E-state index in [0.717, 1.165) is 17.8 Å². The van der Waals surface area contributed by atoms with Crippen LogP contribution in [0, 0.1) is 25.5 Å².